The standard InChI is InChI=1S/C6H9N3/c1-5-3-8-4-9-6(5)7-2/h3-4H,1-2H3,(H,7,8,9). The Morgan fingerprint density at radius 2 is 2.33 bits per heavy atom. The van der Waals surface area contributed by atoms with Crippen molar-refractivity contribution in [3.8, 4) is 0 Å². The molecule has 0 aliphatic heterocycles. The van der Waals surface area contributed by atoms with Gasteiger partial charge in [-0.25, -0.2) is 9.97 Å². The molecule has 0 aliphatic rings. The van der Waals surface area contributed by atoms with Gasteiger partial charge in [0.05, 0.1) is 0 Å². The summed E-state index contributed by atoms with van der Waals surface area (Å²) in [6.45, 7) is 1.96. The number of rotatable bonds is 1. The SMILES string of the molecule is CNc1ncncc1C. The molecule has 0 saturated heterocycles. The Morgan fingerprint density at radius 3 is 2.78 bits per heavy atom. The number of aromatic nitrogens is 2. The minimum Gasteiger partial charge on any atom is -0.373 e. The molecule has 0 unspecified atom stereocenters. The van der Waals surface area contributed by atoms with E-state index in [1.165, 1.54) is 6.33 Å². The van der Waals surface area contributed by atoms with E-state index in [4.69, 9.17) is 0 Å². The number of anilines is 1. The molecular weight excluding hydrogens is 114 g/mol. The lowest BCUT2D eigenvalue weighted by Gasteiger charge is -1.99. The van der Waals surface area contributed by atoms with Crippen molar-refractivity contribution >= 4 is 5.82 Å². The van der Waals surface area contributed by atoms with Gasteiger partial charge in [-0.2, -0.15) is 0 Å². The summed E-state index contributed by atoms with van der Waals surface area (Å²) in [5, 5.41) is 2.94. The molecule has 3 heteroatoms. The average molecular weight is 123 g/mol. The van der Waals surface area contributed by atoms with Gasteiger partial charge in [-0.1, -0.05) is 0 Å². The smallest absolute Gasteiger partial charge is 0.132 e. The summed E-state index contributed by atoms with van der Waals surface area (Å²) in [5.41, 5.74) is 1.07. The number of nitrogens with zero attached hydrogens (tertiary/aromatic N) is 2. The molecule has 0 saturated carbocycles. The second-order valence-corrected chi connectivity index (χ2v) is 1.80. The van der Waals surface area contributed by atoms with Crippen LogP contribution in [0.2, 0.25) is 0 Å². The highest BCUT2D eigenvalue weighted by Crippen LogP contribution is 2.04. The zero-order valence-corrected chi connectivity index (χ0v) is 5.55. The molecule has 1 aromatic heterocycles. The lowest BCUT2D eigenvalue weighted by atomic mass is 10.3. The summed E-state index contributed by atoms with van der Waals surface area (Å²) in [4.78, 5) is 7.82. The summed E-state index contributed by atoms with van der Waals surface area (Å²) >= 11 is 0. The molecule has 0 fully saturated rings. The zero-order chi connectivity index (χ0) is 6.69. The van der Waals surface area contributed by atoms with E-state index in [9.17, 15) is 0 Å². The van der Waals surface area contributed by atoms with Crippen molar-refractivity contribution in [1.29, 1.82) is 0 Å². The van der Waals surface area contributed by atoms with Crippen LogP contribution in [0.3, 0.4) is 0 Å². The first-order chi connectivity index (χ1) is 4.34. The Morgan fingerprint density at radius 1 is 1.56 bits per heavy atom. The van der Waals surface area contributed by atoms with Crippen molar-refractivity contribution in [1.82, 2.24) is 9.97 Å². The number of aryl methyl sites for hydroxylation is 1. The number of hydrogen-bond donors (Lipinski definition) is 1. The van der Waals surface area contributed by atoms with Crippen molar-refractivity contribution in [2.24, 2.45) is 0 Å². The third-order valence-electron chi connectivity index (χ3n) is 1.13. The Labute approximate surface area is 54.2 Å². The summed E-state index contributed by atoms with van der Waals surface area (Å²) in [7, 11) is 1.84. The summed E-state index contributed by atoms with van der Waals surface area (Å²) in [5.74, 6) is 0.894. The van der Waals surface area contributed by atoms with E-state index >= 15 is 0 Å². The Kier molecular flexibility index (Phi) is 1.63. The van der Waals surface area contributed by atoms with E-state index in [-0.39, 0.29) is 0 Å². The monoisotopic (exact) mass is 123 g/mol. The van der Waals surface area contributed by atoms with Gasteiger partial charge in [-0.05, 0) is 6.92 Å². The molecule has 1 rings (SSSR count). The molecule has 1 aromatic rings. The van der Waals surface area contributed by atoms with Crippen LogP contribution >= 0.6 is 0 Å². The quantitative estimate of drug-likeness (QED) is 0.601. The Bertz CT molecular complexity index is 197. The number of hydrogen-bond acceptors (Lipinski definition) is 3. The van der Waals surface area contributed by atoms with Crippen LogP contribution < -0.4 is 5.32 Å². The lowest BCUT2D eigenvalue weighted by Crippen LogP contribution is -1.94. The molecule has 0 spiro atoms. The second-order valence-electron chi connectivity index (χ2n) is 1.80. The summed E-state index contributed by atoms with van der Waals surface area (Å²) in [6, 6.07) is 0. The summed E-state index contributed by atoms with van der Waals surface area (Å²) in [6.07, 6.45) is 3.30. The van der Waals surface area contributed by atoms with Gasteiger partial charge in [-0.15, -0.1) is 0 Å². The topological polar surface area (TPSA) is 37.8 Å². The van der Waals surface area contributed by atoms with Gasteiger partial charge < -0.3 is 5.32 Å². The van der Waals surface area contributed by atoms with Crippen LogP contribution in [0, 0.1) is 6.92 Å². The van der Waals surface area contributed by atoms with Gasteiger partial charge in [0.25, 0.3) is 0 Å². The molecule has 1 heterocycles. The molecule has 3 nitrogen and oxygen atoms in total. The normalized spacial score (nSPS) is 9.11. The second kappa shape index (κ2) is 2.44. The van der Waals surface area contributed by atoms with Crippen LogP contribution in [0.1, 0.15) is 5.56 Å². The third-order valence-corrected chi connectivity index (χ3v) is 1.13. The molecule has 0 atom stereocenters. The van der Waals surface area contributed by atoms with Gasteiger partial charge in [0, 0.05) is 18.8 Å². The molecule has 0 aliphatic carbocycles. The molecule has 0 radical (unpaired) electrons. The van der Waals surface area contributed by atoms with Gasteiger partial charge in [0.15, 0.2) is 0 Å². The van der Waals surface area contributed by atoms with Crippen molar-refractivity contribution < 1.29 is 0 Å². The Balaban J connectivity index is 3.01. The van der Waals surface area contributed by atoms with Crippen molar-refractivity contribution in [3.63, 3.8) is 0 Å². The first-order valence-electron chi connectivity index (χ1n) is 2.79. The van der Waals surface area contributed by atoms with E-state index in [1.807, 2.05) is 14.0 Å². The van der Waals surface area contributed by atoms with Gasteiger partial charge in [-0.3, -0.25) is 0 Å². The first-order valence-corrected chi connectivity index (χ1v) is 2.79. The minimum atomic E-state index is 0.894. The van der Waals surface area contributed by atoms with E-state index in [1.54, 1.807) is 6.20 Å². The van der Waals surface area contributed by atoms with Crippen molar-refractivity contribution in [2.75, 3.05) is 12.4 Å². The maximum absolute atomic E-state index is 3.97. The van der Waals surface area contributed by atoms with E-state index in [0.717, 1.165) is 11.4 Å². The summed E-state index contributed by atoms with van der Waals surface area (Å²) < 4.78 is 0. The van der Waals surface area contributed by atoms with Crippen LogP contribution in [0.15, 0.2) is 12.5 Å². The fraction of sp³-hybridized carbons (Fsp3) is 0.333. The predicted octanol–water partition coefficient (Wildman–Crippen LogP) is 0.827. The highest BCUT2D eigenvalue weighted by molar-refractivity contribution is 5.39. The molecule has 0 bridgehead atoms. The molecule has 0 aromatic carbocycles. The predicted molar refractivity (Wildman–Crippen MR) is 36.3 cm³/mol. The highest BCUT2D eigenvalue weighted by Gasteiger charge is 1.91. The van der Waals surface area contributed by atoms with Crippen LogP contribution in [-0.4, -0.2) is 17.0 Å². The maximum Gasteiger partial charge on any atom is 0.132 e. The Hall–Kier alpha value is -1.12. The van der Waals surface area contributed by atoms with E-state index < -0.39 is 0 Å². The lowest BCUT2D eigenvalue weighted by molar-refractivity contribution is 1.12. The van der Waals surface area contributed by atoms with Gasteiger partial charge >= 0.3 is 0 Å². The van der Waals surface area contributed by atoms with Crippen LogP contribution in [0.5, 0.6) is 0 Å². The van der Waals surface area contributed by atoms with Crippen LogP contribution in [0.4, 0.5) is 5.82 Å². The highest BCUT2D eigenvalue weighted by atomic mass is 15.0. The minimum absolute atomic E-state index is 0.894. The molecule has 9 heavy (non-hydrogen) atoms. The van der Waals surface area contributed by atoms with E-state index in [0.29, 0.717) is 0 Å². The molecule has 1 N–H and O–H groups in total. The molecule has 0 amide bonds. The maximum atomic E-state index is 3.97. The number of nitrogens with one attached hydrogen (secondary N) is 1. The first kappa shape index (κ1) is 6.01. The van der Waals surface area contributed by atoms with Gasteiger partial charge in [0.1, 0.15) is 12.1 Å². The molecule has 48 valence electrons. The van der Waals surface area contributed by atoms with Crippen LogP contribution in [-0.2, 0) is 0 Å². The van der Waals surface area contributed by atoms with Crippen molar-refractivity contribution in [3.05, 3.63) is 18.1 Å². The largest absolute Gasteiger partial charge is 0.373 e. The van der Waals surface area contributed by atoms with E-state index in [2.05, 4.69) is 15.3 Å². The van der Waals surface area contributed by atoms with Gasteiger partial charge in [0.2, 0.25) is 0 Å². The van der Waals surface area contributed by atoms with Crippen molar-refractivity contribution in [2.45, 2.75) is 6.92 Å². The zero-order valence-electron chi connectivity index (χ0n) is 5.55. The average Bonchev–Trinajstić information content (AvgIpc) is 1.89. The molecular formula is C6H9N3. The third kappa shape index (κ3) is 1.16. The van der Waals surface area contributed by atoms with Crippen LogP contribution in [0.25, 0.3) is 0 Å². The fourth-order valence-electron chi connectivity index (χ4n) is 0.661. The fourth-order valence-corrected chi connectivity index (χ4v) is 0.661.